The van der Waals surface area contributed by atoms with Gasteiger partial charge in [-0.15, -0.1) is 0 Å². The number of anilines is 1. The lowest BCUT2D eigenvalue weighted by molar-refractivity contribution is -0.132. The van der Waals surface area contributed by atoms with Gasteiger partial charge in [0.15, 0.2) is 0 Å². The number of rotatable bonds is 6. The van der Waals surface area contributed by atoms with E-state index in [0.717, 1.165) is 11.1 Å². The van der Waals surface area contributed by atoms with Gasteiger partial charge in [-0.25, -0.2) is 0 Å². The Labute approximate surface area is 209 Å². The number of hydrogen-bond donors (Lipinski definition) is 1. The van der Waals surface area contributed by atoms with Crippen molar-refractivity contribution in [2.24, 2.45) is 0 Å². The first-order chi connectivity index (χ1) is 16.8. The van der Waals surface area contributed by atoms with Crippen LogP contribution < -0.4 is 14.4 Å². The Morgan fingerprint density at radius 3 is 2.40 bits per heavy atom. The molecular weight excluding hydrogens is 466 g/mol. The third-order valence-corrected chi connectivity index (χ3v) is 6.32. The summed E-state index contributed by atoms with van der Waals surface area (Å²) in [5.41, 5.74) is 3.37. The minimum absolute atomic E-state index is 0.00848. The van der Waals surface area contributed by atoms with Crippen LogP contribution in [0, 0.1) is 13.8 Å². The number of benzene rings is 3. The van der Waals surface area contributed by atoms with Crippen molar-refractivity contribution in [3.8, 4) is 11.5 Å². The second-order valence-electron chi connectivity index (χ2n) is 8.31. The SMILES string of the molecule is CCOc1cc(/C(O)=C2/C(=O)C(=O)N(c3cc(C)ccc3C)C2c2ccc(OC)cc2)ccc1Cl. The molecule has 0 radical (unpaired) electrons. The first kappa shape index (κ1) is 24.4. The molecule has 1 N–H and O–H groups in total. The van der Waals surface area contributed by atoms with E-state index in [2.05, 4.69) is 0 Å². The number of aliphatic hydroxyl groups is 1. The standard InChI is InChI=1S/C28H26ClNO5/c1-5-35-23-15-19(10-13-21(23)29)26(31)24-25(18-8-11-20(34-4)12-9-18)30(28(33)27(24)32)22-14-16(2)6-7-17(22)3/h6-15,25,31H,5H2,1-4H3/b26-24-. The van der Waals surface area contributed by atoms with Crippen LogP contribution in [0.4, 0.5) is 5.69 Å². The summed E-state index contributed by atoms with van der Waals surface area (Å²) in [5, 5.41) is 11.8. The zero-order chi connectivity index (χ0) is 25.3. The second kappa shape index (κ2) is 9.84. The fourth-order valence-corrected chi connectivity index (χ4v) is 4.41. The van der Waals surface area contributed by atoms with E-state index in [0.29, 0.717) is 39.9 Å². The Morgan fingerprint density at radius 1 is 1.03 bits per heavy atom. The molecule has 1 saturated heterocycles. The lowest BCUT2D eigenvalue weighted by Gasteiger charge is -2.27. The van der Waals surface area contributed by atoms with Gasteiger partial charge in [0.1, 0.15) is 17.3 Å². The van der Waals surface area contributed by atoms with Crippen LogP contribution in [0.1, 0.15) is 35.2 Å². The van der Waals surface area contributed by atoms with Crippen LogP contribution in [0.2, 0.25) is 5.02 Å². The van der Waals surface area contributed by atoms with Crippen molar-refractivity contribution in [1.29, 1.82) is 0 Å². The molecule has 0 saturated carbocycles. The normalized spacial score (nSPS) is 17.1. The number of Topliss-reactive ketones (excluding diaryl/α,β-unsaturated/α-hetero) is 1. The molecule has 6 nitrogen and oxygen atoms in total. The van der Waals surface area contributed by atoms with E-state index in [1.807, 2.05) is 39.0 Å². The molecule has 35 heavy (non-hydrogen) atoms. The Hall–Kier alpha value is -3.77. The molecule has 3 aromatic rings. The van der Waals surface area contributed by atoms with Crippen LogP contribution in [-0.4, -0.2) is 30.5 Å². The Morgan fingerprint density at radius 2 is 1.74 bits per heavy atom. The molecule has 1 atom stereocenters. The fraction of sp³-hybridized carbons (Fsp3) is 0.214. The molecule has 4 rings (SSSR count). The summed E-state index contributed by atoms with van der Waals surface area (Å²) in [6.07, 6.45) is 0. The van der Waals surface area contributed by atoms with Gasteiger partial charge in [0.2, 0.25) is 0 Å². The molecule has 1 fully saturated rings. The maximum atomic E-state index is 13.4. The van der Waals surface area contributed by atoms with Crippen LogP contribution in [0.3, 0.4) is 0 Å². The van der Waals surface area contributed by atoms with E-state index >= 15 is 0 Å². The molecule has 0 bridgehead atoms. The minimum atomic E-state index is -0.840. The van der Waals surface area contributed by atoms with Crippen molar-refractivity contribution in [3.05, 3.63) is 93.5 Å². The van der Waals surface area contributed by atoms with Gasteiger partial charge in [-0.05, 0) is 73.9 Å². The van der Waals surface area contributed by atoms with E-state index in [-0.39, 0.29) is 11.3 Å². The first-order valence-corrected chi connectivity index (χ1v) is 11.6. The molecule has 3 aromatic carbocycles. The fourth-order valence-electron chi connectivity index (χ4n) is 4.23. The number of carbonyl (C=O) groups is 2. The van der Waals surface area contributed by atoms with E-state index in [1.165, 1.54) is 4.90 Å². The molecule has 1 aliphatic heterocycles. The molecule has 0 aromatic heterocycles. The van der Waals surface area contributed by atoms with Gasteiger partial charge in [0.25, 0.3) is 11.7 Å². The number of aliphatic hydroxyl groups excluding tert-OH is 1. The summed E-state index contributed by atoms with van der Waals surface area (Å²) in [4.78, 5) is 28.3. The van der Waals surface area contributed by atoms with Gasteiger partial charge in [0.05, 0.1) is 30.4 Å². The molecule has 0 spiro atoms. The van der Waals surface area contributed by atoms with E-state index in [1.54, 1.807) is 49.6 Å². The van der Waals surface area contributed by atoms with Crippen LogP contribution >= 0.6 is 11.6 Å². The zero-order valence-corrected chi connectivity index (χ0v) is 20.7. The molecule has 1 amide bonds. The third-order valence-electron chi connectivity index (χ3n) is 6.00. The smallest absolute Gasteiger partial charge is 0.300 e. The van der Waals surface area contributed by atoms with Crippen LogP contribution in [0.25, 0.3) is 5.76 Å². The highest BCUT2D eigenvalue weighted by atomic mass is 35.5. The van der Waals surface area contributed by atoms with Crippen molar-refractivity contribution in [3.63, 3.8) is 0 Å². The predicted molar refractivity (Wildman–Crippen MR) is 136 cm³/mol. The number of halogens is 1. The molecule has 1 unspecified atom stereocenters. The van der Waals surface area contributed by atoms with Crippen molar-refractivity contribution < 1.29 is 24.2 Å². The summed E-state index contributed by atoms with van der Waals surface area (Å²) in [6, 6.07) is 16.7. The van der Waals surface area contributed by atoms with E-state index in [4.69, 9.17) is 21.1 Å². The molecule has 0 aliphatic carbocycles. The highest BCUT2D eigenvalue weighted by molar-refractivity contribution is 6.51. The van der Waals surface area contributed by atoms with Crippen molar-refractivity contribution in [2.75, 3.05) is 18.6 Å². The largest absolute Gasteiger partial charge is 0.507 e. The number of amides is 1. The Kier molecular flexibility index (Phi) is 6.85. The van der Waals surface area contributed by atoms with E-state index < -0.39 is 17.7 Å². The van der Waals surface area contributed by atoms with Gasteiger partial charge in [0, 0.05) is 11.3 Å². The van der Waals surface area contributed by atoms with Gasteiger partial charge in [-0.1, -0.05) is 35.9 Å². The first-order valence-electron chi connectivity index (χ1n) is 11.2. The third kappa shape index (κ3) is 4.49. The number of ether oxygens (including phenoxy) is 2. The quantitative estimate of drug-likeness (QED) is 0.260. The maximum Gasteiger partial charge on any atom is 0.300 e. The minimum Gasteiger partial charge on any atom is -0.507 e. The Balaban J connectivity index is 1.95. The summed E-state index contributed by atoms with van der Waals surface area (Å²) in [5.74, 6) is -0.758. The molecule has 180 valence electrons. The predicted octanol–water partition coefficient (Wildman–Crippen LogP) is 5.99. The van der Waals surface area contributed by atoms with Gasteiger partial charge < -0.3 is 14.6 Å². The number of nitrogens with zero attached hydrogens (tertiary/aromatic N) is 1. The lowest BCUT2D eigenvalue weighted by atomic mass is 9.94. The van der Waals surface area contributed by atoms with Gasteiger partial charge in [-0.3, -0.25) is 14.5 Å². The highest BCUT2D eigenvalue weighted by Gasteiger charge is 2.47. The van der Waals surface area contributed by atoms with Gasteiger partial charge >= 0.3 is 0 Å². The summed E-state index contributed by atoms with van der Waals surface area (Å²) < 4.78 is 10.8. The zero-order valence-electron chi connectivity index (χ0n) is 20.0. The number of ketones is 1. The average Bonchev–Trinajstić information content (AvgIpc) is 3.12. The molecule has 1 heterocycles. The second-order valence-corrected chi connectivity index (χ2v) is 8.72. The lowest BCUT2D eigenvalue weighted by Crippen LogP contribution is -2.30. The van der Waals surface area contributed by atoms with Crippen LogP contribution in [-0.2, 0) is 9.59 Å². The van der Waals surface area contributed by atoms with E-state index in [9.17, 15) is 14.7 Å². The Bertz CT molecular complexity index is 1330. The summed E-state index contributed by atoms with van der Waals surface area (Å²) in [6.45, 7) is 6.01. The van der Waals surface area contributed by atoms with Crippen molar-refractivity contribution >= 4 is 34.7 Å². The average molecular weight is 492 g/mol. The number of aryl methyl sites for hydroxylation is 2. The highest BCUT2D eigenvalue weighted by Crippen LogP contribution is 2.44. The number of hydrogen-bond acceptors (Lipinski definition) is 5. The number of carbonyl (C=O) groups excluding carboxylic acids is 2. The summed E-state index contributed by atoms with van der Waals surface area (Å²) >= 11 is 6.22. The van der Waals surface area contributed by atoms with Crippen LogP contribution in [0.5, 0.6) is 11.5 Å². The maximum absolute atomic E-state index is 13.4. The van der Waals surface area contributed by atoms with Crippen molar-refractivity contribution in [2.45, 2.75) is 26.8 Å². The molecular formula is C28H26ClNO5. The molecule has 7 heteroatoms. The number of methoxy groups -OCH3 is 1. The van der Waals surface area contributed by atoms with Crippen molar-refractivity contribution in [1.82, 2.24) is 0 Å². The topological polar surface area (TPSA) is 76.1 Å². The summed E-state index contributed by atoms with van der Waals surface area (Å²) in [7, 11) is 1.56. The van der Waals surface area contributed by atoms with Crippen LogP contribution in [0.15, 0.2) is 66.2 Å². The monoisotopic (exact) mass is 491 g/mol. The molecule has 1 aliphatic rings. The van der Waals surface area contributed by atoms with Gasteiger partial charge in [-0.2, -0.15) is 0 Å².